The normalized spacial score (nSPS) is 11.4. The van der Waals surface area contributed by atoms with Crippen LogP contribution < -0.4 is 11.1 Å². The van der Waals surface area contributed by atoms with E-state index in [4.69, 9.17) is 5.73 Å². The number of anilines is 2. The van der Waals surface area contributed by atoms with Crippen molar-refractivity contribution in [3.05, 3.63) is 160 Å². The van der Waals surface area contributed by atoms with Gasteiger partial charge < -0.3 is 11.1 Å². The molecule has 0 saturated heterocycles. The molecule has 6 rings (SSSR count). The van der Waals surface area contributed by atoms with Gasteiger partial charge in [0.2, 0.25) is 0 Å². The Kier molecular flexibility index (Phi) is 10.5. The van der Waals surface area contributed by atoms with Crippen molar-refractivity contribution in [1.82, 2.24) is 0 Å². The third-order valence-electron chi connectivity index (χ3n) is 6.82. The van der Waals surface area contributed by atoms with Gasteiger partial charge in [-0.1, -0.05) is 110 Å². The summed E-state index contributed by atoms with van der Waals surface area (Å²) < 4.78 is 1.21. The average molecular weight is 603 g/mol. The third kappa shape index (κ3) is 8.41. The number of hydrogen-bond donors (Lipinski definition) is 2. The highest BCUT2D eigenvalue weighted by Gasteiger charge is 2.10. The lowest BCUT2D eigenvalue weighted by molar-refractivity contribution is 0.861. The maximum Gasteiger partial charge on any atom is 0.155 e. The number of halogens is 1. The van der Waals surface area contributed by atoms with E-state index in [0.717, 1.165) is 22.5 Å². The summed E-state index contributed by atoms with van der Waals surface area (Å²) in [6.07, 6.45) is 6.84. The SMILES string of the molecule is CC(C)c1ccccc1Br.CC(C)c1ccccc1Nc1ccc2ccccc2c1.NC1=Cc2ccccc2[C+]=C1. The summed E-state index contributed by atoms with van der Waals surface area (Å²) in [4.78, 5) is 0. The third-order valence-corrected chi connectivity index (χ3v) is 7.54. The second-order valence-electron chi connectivity index (χ2n) is 10.6. The van der Waals surface area contributed by atoms with Gasteiger partial charge in [0.1, 0.15) is 5.70 Å². The first-order valence-electron chi connectivity index (χ1n) is 14.1. The number of allylic oxidation sites excluding steroid dienone is 1. The second kappa shape index (κ2) is 14.5. The van der Waals surface area contributed by atoms with Gasteiger partial charge in [-0.05, 0) is 76.2 Å². The first kappa shape index (κ1) is 29.8. The Morgan fingerprint density at radius 3 is 1.98 bits per heavy atom. The van der Waals surface area contributed by atoms with Crippen LogP contribution in [-0.2, 0) is 0 Å². The summed E-state index contributed by atoms with van der Waals surface area (Å²) in [5.74, 6) is 1.12. The molecule has 0 spiro atoms. The van der Waals surface area contributed by atoms with Crippen LogP contribution in [0.5, 0.6) is 0 Å². The zero-order valence-corrected chi connectivity index (χ0v) is 25.8. The molecule has 1 aliphatic rings. The molecule has 2 nitrogen and oxygen atoms in total. The number of benzene rings is 5. The maximum atomic E-state index is 5.59. The maximum absolute atomic E-state index is 5.59. The molecule has 41 heavy (non-hydrogen) atoms. The van der Waals surface area contributed by atoms with Crippen LogP contribution in [0.3, 0.4) is 0 Å². The number of nitrogens with two attached hydrogens (primary N) is 1. The molecule has 0 aromatic heterocycles. The molecule has 1 aliphatic carbocycles. The molecule has 0 bridgehead atoms. The minimum absolute atomic E-state index is 0.513. The molecular formula is C38H38BrN2+. The minimum Gasteiger partial charge on any atom is -0.360 e. The molecule has 0 unspecified atom stereocenters. The highest BCUT2D eigenvalue weighted by molar-refractivity contribution is 9.10. The van der Waals surface area contributed by atoms with E-state index in [-0.39, 0.29) is 0 Å². The van der Waals surface area contributed by atoms with E-state index in [2.05, 4.69) is 140 Å². The molecule has 0 amide bonds. The lowest BCUT2D eigenvalue weighted by atomic mass is 10.0. The molecule has 5 aromatic carbocycles. The fourth-order valence-corrected chi connectivity index (χ4v) is 5.36. The van der Waals surface area contributed by atoms with E-state index >= 15 is 0 Å². The largest absolute Gasteiger partial charge is 0.360 e. The van der Waals surface area contributed by atoms with E-state index in [0.29, 0.717) is 11.8 Å². The molecule has 206 valence electrons. The second-order valence-corrected chi connectivity index (χ2v) is 11.5. The molecule has 0 atom stereocenters. The molecule has 0 saturated carbocycles. The van der Waals surface area contributed by atoms with Crippen LogP contribution in [0.25, 0.3) is 16.8 Å². The molecule has 3 N–H and O–H groups in total. The molecule has 0 aliphatic heterocycles. The summed E-state index contributed by atoms with van der Waals surface area (Å²) in [6, 6.07) is 39.8. The quantitative estimate of drug-likeness (QED) is 0.201. The van der Waals surface area contributed by atoms with Gasteiger partial charge in [0.05, 0.1) is 17.7 Å². The fourth-order valence-electron chi connectivity index (χ4n) is 4.62. The van der Waals surface area contributed by atoms with Crippen molar-refractivity contribution in [1.29, 1.82) is 0 Å². The zero-order valence-electron chi connectivity index (χ0n) is 24.2. The summed E-state index contributed by atoms with van der Waals surface area (Å²) in [5.41, 5.74) is 13.7. The number of nitrogens with one attached hydrogen (secondary N) is 1. The van der Waals surface area contributed by atoms with E-state index in [1.807, 2.05) is 36.4 Å². The average Bonchev–Trinajstić information content (AvgIpc) is 2.98. The van der Waals surface area contributed by atoms with Crippen molar-refractivity contribution in [3.63, 3.8) is 0 Å². The topological polar surface area (TPSA) is 38.0 Å². The van der Waals surface area contributed by atoms with Gasteiger partial charge in [-0.15, -0.1) is 0 Å². The van der Waals surface area contributed by atoms with Crippen molar-refractivity contribution in [2.24, 2.45) is 5.73 Å². The van der Waals surface area contributed by atoms with E-state index < -0.39 is 0 Å². The summed E-state index contributed by atoms with van der Waals surface area (Å²) >= 11 is 3.50. The Balaban J connectivity index is 0.000000156. The van der Waals surface area contributed by atoms with Gasteiger partial charge in [0, 0.05) is 28.0 Å². The molecule has 0 heterocycles. The first-order valence-corrected chi connectivity index (χ1v) is 14.9. The summed E-state index contributed by atoms with van der Waals surface area (Å²) in [5, 5.41) is 6.08. The highest BCUT2D eigenvalue weighted by atomic mass is 79.9. The Labute approximate surface area is 253 Å². The number of para-hydroxylation sites is 1. The van der Waals surface area contributed by atoms with Crippen molar-refractivity contribution in [2.45, 2.75) is 39.5 Å². The van der Waals surface area contributed by atoms with Crippen LogP contribution in [0, 0.1) is 6.08 Å². The van der Waals surface area contributed by atoms with Crippen LogP contribution in [0.2, 0.25) is 0 Å². The van der Waals surface area contributed by atoms with Gasteiger partial charge in [0.25, 0.3) is 0 Å². The van der Waals surface area contributed by atoms with Crippen molar-refractivity contribution in [2.75, 3.05) is 5.32 Å². The lowest BCUT2D eigenvalue weighted by Crippen LogP contribution is -1.97. The van der Waals surface area contributed by atoms with Crippen LogP contribution in [0.4, 0.5) is 11.4 Å². The predicted molar refractivity (Wildman–Crippen MR) is 182 cm³/mol. The summed E-state index contributed by atoms with van der Waals surface area (Å²) in [6.45, 7) is 8.84. The van der Waals surface area contributed by atoms with Crippen molar-refractivity contribution < 1.29 is 0 Å². The summed E-state index contributed by atoms with van der Waals surface area (Å²) in [7, 11) is 0. The predicted octanol–water partition coefficient (Wildman–Crippen LogP) is 11.0. The standard InChI is InChI=1S/C19H19N.C10H8N.C9H11Br/c1-14(2)18-9-5-6-10-19(18)20-17-12-11-15-7-3-4-8-16(15)13-17;11-10-6-5-8-3-1-2-4-9(8)7-10;1-7(2)8-5-3-4-6-9(8)10/h3-14,20H,1-2H3;1-4,6-7H,11H2;3-7H,1-2H3/q;+1;. The smallest absolute Gasteiger partial charge is 0.155 e. The monoisotopic (exact) mass is 601 g/mol. The van der Waals surface area contributed by atoms with Crippen LogP contribution >= 0.6 is 15.9 Å². The molecule has 0 radical (unpaired) electrons. The van der Waals surface area contributed by atoms with Gasteiger partial charge in [-0.25, -0.2) is 0 Å². The molecular weight excluding hydrogens is 564 g/mol. The highest BCUT2D eigenvalue weighted by Crippen LogP contribution is 2.28. The van der Waals surface area contributed by atoms with Gasteiger partial charge in [0.15, 0.2) is 5.56 Å². The number of rotatable bonds is 4. The van der Waals surface area contributed by atoms with Crippen LogP contribution in [-0.4, -0.2) is 0 Å². The van der Waals surface area contributed by atoms with E-state index in [1.165, 1.54) is 32.1 Å². The number of hydrogen-bond acceptors (Lipinski definition) is 2. The zero-order chi connectivity index (χ0) is 29.2. The van der Waals surface area contributed by atoms with Gasteiger partial charge >= 0.3 is 0 Å². The Morgan fingerprint density at radius 1 is 0.659 bits per heavy atom. The Bertz CT molecular complexity index is 1650. The van der Waals surface area contributed by atoms with Crippen molar-refractivity contribution in [3.8, 4) is 0 Å². The lowest BCUT2D eigenvalue weighted by Gasteiger charge is -2.15. The minimum atomic E-state index is 0.513. The number of fused-ring (bicyclic) bond motifs is 2. The Hall–Kier alpha value is -4.17. The van der Waals surface area contributed by atoms with E-state index in [9.17, 15) is 0 Å². The molecule has 3 heteroatoms. The molecule has 5 aromatic rings. The fraction of sp³-hybridized carbons (Fsp3) is 0.158. The van der Waals surface area contributed by atoms with Crippen LogP contribution in [0.15, 0.2) is 132 Å². The molecule has 0 fully saturated rings. The van der Waals surface area contributed by atoms with Crippen molar-refractivity contribution >= 4 is 44.2 Å². The van der Waals surface area contributed by atoms with E-state index in [1.54, 1.807) is 6.08 Å². The van der Waals surface area contributed by atoms with Crippen LogP contribution in [0.1, 0.15) is 61.8 Å². The van der Waals surface area contributed by atoms with Gasteiger partial charge in [-0.3, -0.25) is 0 Å². The Morgan fingerprint density at radius 2 is 1.27 bits per heavy atom. The first-order chi connectivity index (χ1) is 19.8. The van der Waals surface area contributed by atoms with Gasteiger partial charge in [-0.2, -0.15) is 0 Å².